The normalized spacial score (nSPS) is 14.9. The molecule has 1 aliphatic carbocycles. The Bertz CT molecular complexity index is 596. The van der Waals surface area contributed by atoms with Crippen LogP contribution in [0.4, 0.5) is 0 Å². The van der Waals surface area contributed by atoms with Gasteiger partial charge in [-0.05, 0) is 44.9 Å². The van der Waals surface area contributed by atoms with Crippen LogP contribution in [0.2, 0.25) is 0 Å². The zero-order valence-electron chi connectivity index (χ0n) is 11.9. The number of Topliss-reactive ketones (excluding diaryl/α,β-unsaturated/α-hetero) is 1. The van der Waals surface area contributed by atoms with Crippen molar-refractivity contribution in [2.45, 2.75) is 39.3 Å². The van der Waals surface area contributed by atoms with E-state index in [-0.39, 0.29) is 5.78 Å². The second-order valence-electron chi connectivity index (χ2n) is 5.47. The lowest BCUT2D eigenvalue weighted by Gasteiger charge is -2.19. The van der Waals surface area contributed by atoms with Gasteiger partial charge in [0.1, 0.15) is 5.76 Å². The first-order valence-corrected chi connectivity index (χ1v) is 7.82. The molecule has 0 atom stereocenters. The molecular weight excluding hydrogens is 270 g/mol. The van der Waals surface area contributed by atoms with Crippen molar-refractivity contribution in [2.75, 3.05) is 6.54 Å². The van der Waals surface area contributed by atoms with E-state index in [4.69, 9.17) is 4.42 Å². The average Bonchev–Trinajstić information content (AvgIpc) is 3.02. The van der Waals surface area contributed by atoms with Crippen molar-refractivity contribution < 1.29 is 9.21 Å². The van der Waals surface area contributed by atoms with Crippen LogP contribution < -0.4 is 0 Å². The zero-order valence-corrected chi connectivity index (χ0v) is 12.7. The molecule has 1 saturated carbocycles. The fraction of sp³-hybridized carbons (Fsp3) is 0.438. The summed E-state index contributed by atoms with van der Waals surface area (Å²) >= 11 is 1.70. The molecule has 0 radical (unpaired) electrons. The van der Waals surface area contributed by atoms with E-state index in [0.29, 0.717) is 12.6 Å². The van der Waals surface area contributed by atoms with Gasteiger partial charge in [0.05, 0.1) is 19.4 Å². The molecular formula is C16H19NO2S. The molecule has 106 valence electrons. The number of ketones is 1. The standard InChI is InChI=1S/C16H19NO2S/c1-11-8-15(12(2)20-11)16(18)10-17(13-5-6-13)9-14-4-3-7-19-14/h3-4,7-8,13H,5-6,9-10H2,1-2H3. The molecule has 3 rings (SSSR count). The number of furan rings is 1. The molecule has 0 N–H and O–H groups in total. The van der Waals surface area contributed by atoms with Gasteiger partial charge in [0.25, 0.3) is 0 Å². The number of rotatable bonds is 6. The van der Waals surface area contributed by atoms with Crippen molar-refractivity contribution in [1.82, 2.24) is 4.90 Å². The lowest BCUT2D eigenvalue weighted by atomic mass is 10.1. The van der Waals surface area contributed by atoms with Gasteiger partial charge < -0.3 is 4.42 Å². The maximum Gasteiger partial charge on any atom is 0.177 e. The second kappa shape index (κ2) is 5.54. The molecule has 1 aliphatic rings. The van der Waals surface area contributed by atoms with Gasteiger partial charge in [-0.3, -0.25) is 9.69 Å². The van der Waals surface area contributed by atoms with Crippen molar-refractivity contribution in [3.63, 3.8) is 0 Å². The number of aryl methyl sites for hydroxylation is 2. The molecule has 4 heteroatoms. The summed E-state index contributed by atoms with van der Waals surface area (Å²) in [4.78, 5) is 17.1. The Morgan fingerprint density at radius 3 is 2.80 bits per heavy atom. The summed E-state index contributed by atoms with van der Waals surface area (Å²) in [5.74, 6) is 1.16. The van der Waals surface area contributed by atoms with E-state index in [0.717, 1.165) is 22.7 Å². The fourth-order valence-electron chi connectivity index (χ4n) is 2.53. The summed E-state index contributed by atoms with van der Waals surface area (Å²) in [6.45, 7) is 5.29. The molecule has 3 nitrogen and oxygen atoms in total. The highest BCUT2D eigenvalue weighted by Gasteiger charge is 2.31. The van der Waals surface area contributed by atoms with E-state index in [9.17, 15) is 4.79 Å². The molecule has 0 unspecified atom stereocenters. The number of hydrogen-bond acceptors (Lipinski definition) is 4. The predicted octanol–water partition coefficient (Wildman–Crippen LogP) is 3.81. The van der Waals surface area contributed by atoms with E-state index in [1.165, 1.54) is 17.7 Å². The first-order chi connectivity index (χ1) is 9.63. The van der Waals surface area contributed by atoms with Gasteiger partial charge in [0.15, 0.2) is 5.78 Å². The van der Waals surface area contributed by atoms with Gasteiger partial charge in [-0.25, -0.2) is 0 Å². The van der Waals surface area contributed by atoms with Gasteiger partial charge in [0.2, 0.25) is 0 Å². The van der Waals surface area contributed by atoms with Crippen LogP contribution in [0.3, 0.4) is 0 Å². The molecule has 0 spiro atoms. The number of carbonyl (C=O) groups is 1. The Labute approximate surface area is 123 Å². The lowest BCUT2D eigenvalue weighted by molar-refractivity contribution is 0.0913. The van der Waals surface area contributed by atoms with Crippen LogP contribution in [0, 0.1) is 13.8 Å². The zero-order chi connectivity index (χ0) is 14.1. The molecule has 0 bridgehead atoms. The smallest absolute Gasteiger partial charge is 0.177 e. The van der Waals surface area contributed by atoms with Crippen LogP contribution in [0.25, 0.3) is 0 Å². The third-order valence-electron chi connectivity index (χ3n) is 3.69. The number of nitrogens with zero attached hydrogens (tertiary/aromatic N) is 1. The van der Waals surface area contributed by atoms with Crippen molar-refractivity contribution in [3.05, 3.63) is 45.5 Å². The summed E-state index contributed by atoms with van der Waals surface area (Å²) in [6, 6.07) is 6.43. The summed E-state index contributed by atoms with van der Waals surface area (Å²) < 4.78 is 5.41. The topological polar surface area (TPSA) is 33.5 Å². The predicted molar refractivity (Wildman–Crippen MR) is 80.3 cm³/mol. The van der Waals surface area contributed by atoms with Gasteiger partial charge in [-0.1, -0.05) is 0 Å². The van der Waals surface area contributed by atoms with E-state index < -0.39 is 0 Å². The molecule has 2 heterocycles. The fourth-order valence-corrected chi connectivity index (χ4v) is 3.48. The Morgan fingerprint density at radius 2 is 2.25 bits per heavy atom. The van der Waals surface area contributed by atoms with Crippen LogP contribution in [-0.4, -0.2) is 23.3 Å². The highest BCUT2D eigenvalue weighted by atomic mass is 32.1. The van der Waals surface area contributed by atoms with Crippen molar-refractivity contribution in [2.24, 2.45) is 0 Å². The molecule has 1 fully saturated rings. The number of carbonyl (C=O) groups excluding carboxylic acids is 1. The van der Waals surface area contributed by atoms with E-state index >= 15 is 0 Å². The Kier molecular flexibility index (Phi) is 3.76. The summed E-state index contributed by atoms with van der Waals surface area (Å²) in [6.07, 6.45) is 4.07. The average molecular weight is 289 g/mol. The highest BCUT2D eigenvalue weighted by molar-refractivity contribution is 7.12. The highest BCUT2D eigenvalue weighted by Crippen LogP contribution is 2.29. The van der Waals surface area contributed by atoms with Crippen LogP contribution in [0.1, 0.15) is 38.7 Å². The largest absolute Gasteiger partial charge is 0.468 e. The molecule has 2 aromatic heterocycles. The van der Waals surface area contributed by atoms with Crippen LogP contribution >= 0.6 is 11.3 Å². The molecule has 0 amide bonds. The Hall–Kier alpha value is -1.39. The third kappa shape index (κ3) is 3.02. The third-order valence-corrected chi connectivity index (χ3v) is 4.66. The molecule has 0 aromatic carbocycles. The van der Waals surface area contributed by atoms with Crippen LogP contribution in [0.5, 0.6) is 0 Å². The first-order valence-electron chi connectivity index (χ1n) is 7.00. The Balaban J connectivity index is 1.70. The monoisotopic (exact) mass is 289 g/mol. The first kappa shape index (κ1) is 13.6. The quantitative estimate of drug-likeness (QED) is 0.758. The van der Waals surface area contributed by atoms with E-state index in [1.807, 2.05) is 25.1 Å². The van der Waals surface area contributed by atoms with Crippen LogP contribution in [-0.2, 0) is 6.54 Å². The van der Waals surface area contributed by atoms with Gasteiger partial charge >= 0.3 is 0 Å². The second-order valence-corrected chi connectivity index (χ2v) is 6.93. The van der Waals surface area contributed by atoms with E-state index in [1.54, 1.807) is 17.6 Å². The lowest BCUT2D eigenvalue weighted by Crippen LogP contribution is -2.31. The number of thiophene rings is 1. The van der Waals surface area contributed by atoms with Crippen molar-refractivity contribution in [3.8, 4) is 0 Å². The maximum absolute atomic E-state index is 12.5. The summed E-state index contributed by atoms with van der Waals surface area (Å²) in [5, 5.41) is 0. The minimum atomic E-state index is 0.227. The molecule has 2 aromatic rings. The summed E-state index contributed by atoms with van der Waals surface area (Å²) in [5.41, 5.74) is 0.887. The van der Waals surface area contributed by atoms with Gasteiger partial charge in [-0.2, -0.15) is 0 Å². The maximum atomic E-state index is 12.5. The Morgan fingerprint density at radius 1 is 1.45 bits per heavy atom. The summed E-state index contributed by atoms with van der Waals surface area (Å²) in [7, 11) is 0. The SMILES string of the molecule is Cc1cc(C(=O)CN(Cc2ccco2)C2CC2)c(C)s1. The minimum Gasteiger partial charge on any atom is -0.468 e. The number of hydrogen-bond donors (Lipinski definition) is 0. The van der Waals surface area contributed by atoms with Gasteiger partial charge in [0, 0.05) is 21.4 Å². The molecule has 0 aliphatic heterocycles. The molecule has 20 heavy (non-hydrogen) atoms. The molecule has 0 saturated heterocycles. The van der Waals surface area contributed by atoms with Gasteiger partial charge in [-0.15, -0.1) is 11.3 Å². The van der Waals surface area contributed by atoms with Crippen LogP contribution in [0.15, 0.2) is 28.9 Å². The minimum absolute atomic E-state index is 0.227. The van der Waals surface area contributed by atoms with Crippen molar-refractivity contribution in [1.29, 1.82) is 0 Å². The van der Waals surface area contributed by atoms with Crippen molar-refractivity contribution >= 4 is 17.1 Å². The van der Waals surface area contributed by atoms with E-state index in [2.05, 4.69) is 11.8 Å².